The topological polar surface area (TPSA) is 60.0 Å². The van der Waals surface area contributed by atoms with Crippen molar-refractivity contribution in [3.05, 3.63) is 0 Å². The van der Waals surface area contributed by atoms with Crippen LogP contribution in [0.5, 0.6) is 0 Å². The number of nitrogens with one attached hydrogen (secondary N) is 1. The molecular weight excluding hydrogens is 234 g/mol. The molecule has 0 amide bonds. The van der Waals surface area contributed by atoms with Crippen LogP contribution in [0.15, 0.2) is 0 Å². The van der Waals surface area contributed by atoms with Gasteiger partial charge in [-0.05, 0) is 27.7 Å². The molecular formula is C13H29NO4. The standard InChI is InChI=1S/C13H29NO4/c1-11(2)17-6-5-14-9-13(15)10-16-7-8-18-12(3)4/h11-15H,5-10H2,1-4H3. The Balaban J connectivity index is 3.19. The number of rotatable bonds is 12. The third kappa shape index (κ3) is 13.9. The lowest BCUT2D eigenvalue weighted by molar-refractivity contribution is -0.0105. The summed E-state index contributed by atoms with van der Waals surface area (Å²) in [6, 6.07) is 0. The van der Waals surface area contributed by atoms with E-state index in [2.05, 4.69) is 5.32 Å². The molecule has 0 fully saturated rings. The molecule has 0 aromatic carbocycles. The first-order valence-electron chi connectivity index (χ1n) is 6.72. The van der Waals surface area contributed by atoms with Crippen LogP contribution in [0.3, 0.4) is 0 Å². The predicted octanol–water partition coefficient (Wildman–Crippen LogP) is 0.804. The first kappa shape index (κ1) is 17.8. The van der Waals surface area contributed by atoms with Crippen molar-refractivity contribution in [3.8, 4) is 0 Å². The molecule has 5 heteroatoms. The molecule has 110 valence electrons. The summed E-state index contributed by atoms with van der Waals surface area (Å²) >= 11 is 0. The van der Waals surface area contributed by atoms with Crippen LogP contribution < -0.4 is 5.32 Å². The Labute approximate surface area is 111 Å². The van der Waals surface area contributed by atoms with Crippen molar-refractivity contribution >= 4 is 0 Å². The van der Waals surface area contributed by atoms with Crippen LogP contribution in [0.2, 0.25) is 0 Å². The minimum Gasteiger partial charge on any atom is -0.389 e. The van der Waals surface area contributed by atoms with Gasteiger partial charge < -0.3 is 24.6 Å². The molecule has 0 aromatic rings. The molecule has 1 unspecified atom stereocenters. The average molecular weight is 263 g/mol. The van der Waals surface area contributed by atoms with Crippen molar-refractivity contribution < 1.29 is 19.3 Å². The summed E-state index contributed by atoms with van der Waals surface area (Å²) in [6.45, 7) is 11.3. The number of aliphatic hydroxyl groups is 1. The second kappa shape index (κ2) is 11.9. The van der Waals surface area contributed by atoms with Crippen molar-refractivity contribution in [1.29, 1.82) is 0 Å². The molecule has 0 heterocycles. The third-order valence-electron chi connectivity index (χ3n) is 2.10. The fourth-order valence-electron chi connectivity index (χ4n) is 1.26. The van der Waals surface area contributed by atoms with Gasteiger partial charge in [0.2, 0.25) is 0 Å². The molecule has 1 atom stereocenters. The van der Waals surface area contributed by atoms with E-state index in [-0.39, 0.29) is 12.2 Å². The van der Waals surface area contributed by atoms with Gasteiger partial charge in [0.25, 0.3) is 0 Å². The van der Waals surface area contributed by atoms with Crippen LogP contribution >= 0.6 is 0 Å². The summed E-state index contributed by atoms with van der Waals surface area (Å²) in [5, 5.41) is 12.7. The number of hydrogen-bond acceptors (Lipinski definition) is 5. The van der Waals surface area contributed by atoms with E-state index >= 15 is 0 Å². The monoisotopic (exact) mass is 263 g/mol. The van der Waals surface area contributed by atoms with Gasteiger partial charge in [-0.25, -0.2) is 0 Å². The number of aliphatic hydroxyl groups excluding tert-OH is 1. The first-order chi connectivity index (χ1) is 8.52. The maximum atomic E-state index is 9.60. The Bertz CT molecular complexity index is 158. The summed E-state index contributed by atoms with van der Waals surface area (Å²) in [6.07, 6.45) is -0.00902. The van der Waals surface area contributed by atoms with Gasteiger partial charge in [0, 0.05) is 13.1 Å². The second-order valence-electron chi connectivity index (χ2n) is 4.77. The molecule has 0 aliphatic rings. The van der Waals surface area contributed by atoms with Gasteiger partial charge in [0.1, 0.15) is 0 Å². The maximum Gasteiger partial charge on any atom is 0.0897 e. The Morgan fingerprint density at radius 1 is 0.944 bits per heavy atom. The van der Waals surface area contributed by atoms with Crippen LogP contribution in [-0.2, 0) is 14.2 Å². The fraction of sp³-hybridized carbons (Fsp3) is 1.00. The van der Waals surface area contributed by atoms with E-state index in [9.17, 15) is 5.11 Å². The third-order valence-corrected chi connectivity index (χ3v) is 2.10. The molecule has 18 heavy (non-hydrogen) atoms. The van der Waals surface area contributed by atoms with Crippen LogP contribution in [0.4, 0.5) is 0 Å². The van der Waals surface area contributed by atoms with E-state index in [1.807, 2.05) is 27.7 Å². The highest BCUT2D eigenvalue weighted by Crippen LogP contribution is 1.89. The zero-order chi connectivity index (χ0) is 13.8. The molecule has 0 saturated heterocycles. The summed E-state index contributed by atoms with van der Waals surface area (Å²) in [5.41, 5.74) is 0. The maximum absolute atomic E-state index is 9.60. The highest BCUT2D eigenvalue weighted by molar-refractivity contribution is 4.58. The Morgan fingerprint density at radius 3 is 2.17 bits per heavy atom. The van der Waals surface area contributed by atoms with Crippen molar-refractivity contribution in [1.82, 2.24) is 5.32 Å². The SMILES string of the molecule is CC(C)OCCNCC(O)COCCOC(C)C. The lowest BCUT2D eigenvalue weighted by Crippen LogP contribution is -2.33. The molecule has 2 N–H and O–H groups in total. The summed E-state index contributed by atoms with van der Waals surface area (Å²) < 4.78 is 16.0. The number of hydrogen-bond donors (Lipinski definition) is 2. The smallest absolute Gasteiger partial charge is 0.0897 e. The molecule has 0 spiro atoms. The highest BCUT2D eigenvalue weighted by atomic mass is 16.5. The van der Waals surface area contributed by atoms with Crippen molar-refractivity contribution in [2.75, 3.05) is 39.5 Å². The van der Waals surface area contributed by atoms with Gasteiger partial charge in [-0.2, -0.15) is 0 Å². The van der Waals surface area contributed by atoms with Gasteiger partial charge in [0.15, 0.2) is 0 Å². The zero-order valence-corrected chi connectivity index (χ0v) is 12.1. The van der Waals surface area contributed by atoms with Crippen LogP contribution in [0.1, 0.15) is 27.7 Å². The average Bonchev–Trinajstić information content (AvgIpc) is 2.27. The molecule has 0 saturated carbocycles. The summed E-state index contributed by atoms with van der Waals surface area (Å²) in [5.74, 6) is 0. The number of ether oxygens (including phenoxy) is 3. The molecule has 0 rings (SSSR count). The van der Waals surface area contributed by atoms with Gasteiger partial charge >= 0.3 is 0 Å². The Morgan fingerprint density at radius 2 is 1.56 bits per heavy atom. The van der Waals surface area contributed by atoms with E-state index in [4.69, 9.17) is 14.2 Å². The second-order valence-corrected chi connectivity index (χ2v) is 4.77. The largest absolute Gasteiger partial charge is 0.389 e. The fourth-order valence-corrected chi connectivity index (χ4v) is 1.26. The first-order valence-corrected chi connectivity index (χ1v) is 6.72. The van der Waals surface area contributed by atoms with E-state index in [0.717, 1.165) is 6.54 Å². The molecule has 0 aliphatic heterocycles. The lowest BCUT2D eigenvalue weighted by atomic mass is 10.4. The molecule has 0 radical (unpaired) electrons. The summed E-state index contributed by atoms with van der Waals surface area (Å²) in [4.78, 5) is 0. The normalized spacial score (nSPS) is 13.5. The van der Waals surface area contributed by atoms with Crippen LogP contribution in [0, 0.1) is 0 Å². The van der Waals surface area contributed by atoms with E-state index < -0.39 is 6.10 Å². The van der Waals surface area contributed by atoms with Crippen LogP contribution in [-0.4, -0.2) is 62.9 Å². The predicted molar refractivity (Wildman–Crippen MR) is 71.9 cm³/mol. The molecule has 0 bridgehead atoms. The quantitative estimate of drug-likeness (QED) is 0.510. The Hall–Kier alpha value is -0.200. The van der Waals surface area contributed by atoms with E-state index in [1.54, 1.807) is 0 Å². The Kier molecular flexibility index (Phi) is 11.7. The van der Waals surface area contributed by atoms with Gasteiger partial charge in [-0.15, -0.1) is 0 Å². The highest BCUT2D eigenvalue weighted by Gasteiger charge is 2.03. The minimum absolute atomic E-state index is 0.223. The molecule has 5 nitrogen and oxygen atoms in total. The zero-order valence-electron chi connectivity index (χ0n) is 12.1. The lowest BCUT2D eigenvalue weighted by Gasteiger charge is -2.13. The minimum atomic E-state index is -0.483. The van der Waals surface area contributed by atoms with E-state index in [0.29, 0.717) is 33.0 Å². The van der Waals surface area contributed by atoms with Crippen molar-refractivity contribution in [2.24, 2.45) is 0 Å². The van der Waals surface area contributed by atoms with Crippen molar-refractivity contribution in [3.63, 3.8) is 0 Å². The van der Waals surface area contributed by atoms with Gasteiger partial charge in [-0.3, -0.25) is 0 Å². The van der Waals surface area contributed by atoms with Gasteiger partial charge in [0.05, 0.1) is 44.7 Å². The summed E-state index contributed by atoms with van der Waals surface area (Å²) in [7, 11) is 0. The van der Waals surface area contributed by atoms with E-state index in [1.165, 1.54) is 0 Å². The molecule has 0 aromatic heterocycles. The van der Waals surface area contributed by atoms with Crippen LogP contribution in [0.25, 0.3) is 0 Å². The van der Waals surface area contributed by atoms with Crippen molar-refractivity contribution in [2.45, 2.75) is 46.0 Å². The molecule has 0 aliphatic carbocycles. The van der Waals surface area contributed by atoms with Gasteiger partial charge in [-0.1, -0.05) is 0 Å².